The SMILES string of the molecule is Cc1cc(NC(=O)CCS(=O)(=O)c2ccc3c(c2)NC(=O)CO3)ccc1Br. The van der Waals surface area contributed by atoms with Crippen LogP contribution in [0.3, 0.4) is 0 Å². The van der Waals surface area contributed by atoms with Crippen molar-refractivity contribution in [2.75, 3.05) is 23.0 Å². The summed E-state index contributed by atoms with van der Waals surface area (Å²) in [5, 5.41) is 5.26. The summed E-state index contributed by atoms with van der Waals surface area (Å²) in [7, 11) is -3.69. The number of amides is 2. The van der Waals surface area contributed by atoms with E-state index < -0.39 is 15.7 Å². The Kier molecular flexibility index (Phi) is 5.52. The van der Waals surface area contributed by atoms with Crippen LogP contribution >= 0.6 is 15.9 Å². The lowest BCUT2D eigenvalue weighted by Gasteiger charge is -2.18. The molecule has 0 aliphatic carbocycles. The third-order valence-electron chi connectivity index (χ3n) is 3.98. The third-order valence-corrected chi connectivity index (χ3v) is 6.59. The number of aryl methyl sites for hydroxylation is 1. The first kappa shape index (κ1) is 19.4. The minimum Gasteiger partial charge on any atom is -0.482 e. The zero-order valence-corrected chi connectivity index (χ0v) is 16.8. The number of anilines is 2. The van der Waals surface area contributed by atoms with E-state index in [0.717, 1.165) is 10.0 Å². The molecule has 142 valence electrons. The van der Waals surface area contributed by atoms with Crippen molar-refractivity contribution in [3.05, 3.63) is 46.4 Å². The van der Waals surface area contributed by atoms with Crippen molar-refractivity contribution in [1.29, 1.82) is 0 Å². The van der Waals surface area contributed by atoms with Gasteiger partial charge in [0.05, 0.1) is 16.3 Å². The molecule has 0 spiro atoms. The smallest absolute Gasteiger partial charge is 0.262 e. The predicted octanol–water partition coefficient (Wildman–Crippen LogP) is 2.89. The van der Waals surface area contributed by atoms with E-state index in [0.29, 0.717) is 17.1 Å². The summed E-state index contributed by atoms with van der Waals surface area (Å²) in [6, 6.07) is 9.58. The van der Waals surface area contributed by atoms with Crippen molar-refractivity contribution in [3.8, 4) is 5.75 Å². The van der Waals surface area contributed by atoms with Crippen molar-refractivity contribution in [2.45, 2.75) is 18.2 Å². The normalized spacial score (nSPS) is 13.3. The zero-order valence-electron chi connectivity index (χ0n) is 14.4. The molecule has 0 radical (unpaired) electrons. The maximum absolute atomic E-state index is 12.5. The summed E-state index contributed by atoms with van der Waals surface area (Å²) in [5.41, 5.74) is 1.87. The quantitative estimate of drug-likeness (QED) is 0.725. The summed E-state index contributed by atoms with van der Waals surface area (Å²) in [4.78, 5) is 23.5. The van der Waals surface area contributed by atoms with Gasteiger partial charge in [0.1, 0.15) is 5.75 Å². The molecule has 3 rings (SSSR count). The second-order valence-electron chi connectivity index (χ2n) is 6.08. The van der Waals surface area contributed by atoms with Gasteiger partial charge in [-0.25, -0.2) is 8.42 Å². The Morgan fingerprint density at radius 2 is 2.04 bits per heavy atom. The lowest BCUT2D eigenvalue weighted by Crippen LogP contribution is -2.25. The van der Waals surface area contributed by atoms with E-state index in [1.54, 1.807) is 12.1 Å². The Hall–Kier alpha value is -2.39. The highest BCUT2D eigenvalue weighted by atomic mass is 79.9. The van der Waals surface area contributed by atoms with Gasteiger partial charge >= 0.3 is 0 Å². The molecule has 2 amide bonds. The van der Waals surface area contributed by atoms with Crippen LogP contribution in [0.15, 0.2) is 45.8 Å². The summed E-state index contributed by atoms with van der Waals surface area (Å²) in [6.07, 6.45) is -0.183. The molecule has 0 fully saturated rings. The second kappa shape index (κ2) is 7.69. The molecule has 0 aromatic heterocycles. The molecule has 1 heterocycles. The molecular weight excluding hydrogens is 436 g/mol. The Labute approximate surface area is 165 Å². The van der Waals surface area contributed by atoms with Crippen molar-refractivity contribution in [2.24, 2.45) is 0 Å². The van der Waals surface area contributed by atoms with E-state index in [9.17, 15) is 18.0 Å². The summed E-state index contributed by atoms with van der Waals surface area (Å²) in [5.74, 6) is -0.671. The maximum Gasteiger partial charge on any atom is 0.262 e. The molecule has 0 unspecified atom stereocenters. The minimum atomic E-state index is -3.69. The van der Waals surface area contributed by atoms with Crippen molar-refractivity contribution in [3.63, 3.8) is 0 Å². The largest absolute Gasteiger partial charge is 0.482 e. The fourth-order valence-corrected chi connectivity index (χ4v) is 4.06. The highest BCUT2D eigenvalue weighted by molar-refractivity contribution is 9.10. The zero-order chi connectivity index (χ0) is 19.6. The Balaban J connectivity index is 1.66. The van der Waals surface area contributed by atoms with Gasteiger partial charge in [0.2, 0.25) is 5.91 Å². The predicted molar refractivity (Wildman–Crippen MR) is 105 cm³/mol. The first-order valence-electron chi connectivity index (χ1n) is 8.10. The van der Waals surface area contributed by atoms with Gasteiger partial charge in [0, 0.05) is 16.6 Å². The molecule has 2 aromatic carbocycles. The molecule has 2 N–H and O–H groups in total. The molecule has 1 aliphatic heterocycles. The monoisotopic (exact) mass is 452 g/mol. The lowest BCUT2D eigenvalue weighted by atomic mass is 10.2. The average Bonchev–Trinajstić information content (AvgIpc) is 2.62. The van der Waals surface area contributed by atoms with Crippen LogP contribution in [0.1, 0.15) is 12.0 Å². The number of nitrogens with one attached hydrogen (secondary N) is 2. The summed E-state index contributed by atoms with van der Waals surface area (Å²) in [6.45, 7) is 1.79. The number of ether oxygens (including phenoxy) is 1. The number of carbonyl (C=O) groups excluding carboxylic acids is 2. The van der Waals surface area contributed by atoms with Gasteiger partial charge in [-0.05, 0) is 48.9 Å². The van der Waals surface area contributed by atoms with Crippen LogP contribution in [0.5, 0.6) is 5.75 Å². The van der Waals surface area contributed by atoms with Gasteiger partial charge in [-0.2, -0.15) is 0 Å². The van der Waals surface area contributed by atoms with E-state index in [2.05, 4.69) is 26.6 Å². The molecule has 27 heavy (non-hydrogen) atoms. The maximum atomic E-state index is 12.5. The summed E-state index contributed by atoms with van der Waals surface area (Å²) >= 11 is 3.38. The number of benzene rings is 2. The number of hydrogen-bond acceptors (Lipinski definition) is 5. The lowest BCUT2D eigenvalue weighted by molar-refractivity contribution is -0.118. The molecule has 9 heteroatoms. The number of sulfone groups is 1. The molecule has 0 saturated heterocycles. The number of hydrogen-bond donors (Lipinski definition) is 2. The Morgan fingerprint density at radius 3 is 2.78 bits per heavy atom. The minimum absolute atomic E-state index is 0.0272. The molecule has 0 bridgehead atoms. The second-order valence-corrected chi connectivity index (χ2v) is 9.04. The van der Waals surface area contributed by atoms with Crippen molar-refractivity contribution < 1.29 is 22.7 Å². The topological polar surface area (TPSA) is 102 Å². The van der Waals surface area contributed by atoms with Gasteiger partial charge in [0.15, 0.2) is 16.4 Å². The van der Waals surface area contributed by atoms with Crippen LogP contribution < -0.4 is 15.4 Å². The highest BCUT2D eigenvalue weighted by Crippen LogP contribution is 2.30. The third kappa shape index (κ3) is 4.67. The van der Waals surface area contributed by atoms with E-state index >= 15 is 0 Å². The van der Waals surface area contributed by atoms with E-state index in [4.69, 9.17) is 4.74 Å². The standard InChI is InChI=1S/C18H17BrN2O5S/c1-11-8-12(2-4-14(11)19)20-17(22)6-7-27(24,25)13-3-5-16-15(9-13)21-18(23)10-26-16/h2-5,8-9H,6-7,10H2,1H3,(H,20,22)(H,21,23). The molecule has 1 aliphatic rings. The Morgan fingerprint density at radius 1 is 1.26 bits per heavy atom. The fraction of sp³-hybridized carbons (Fsp3) is 0.222. The van der Waals surface area contributed by atoms with Gasteiger partial charge in [-0.1, -0.05) is 15.9 Å². The van der Waals surface area contributed by atoms with E-state index in [-0.39, 0.29) is 29.6 Å². The first-order chi connectivity index (χ1) is 12.7. The molecule has 0 atom stereocenters. The van der Waals surface area contributed by atoms with Crippen LogP contribution in [-0.4, -0.2) is 32.6 Å². The molecule has 2 aromatic rings. The first-order valence-corrected chi connectivity index (χ1v) is 10.5. The fourth-order valence-electron chi connectivity index (χ4n) is 2.55. The van der Waals surface area contributed by atoms with Gasteiger partial charge in [-0.3, -0.25) is 9.59 Å². The number of halogens is 1. The van der Waals surface area contributed by atoms with E-state index in [1.807, 2.05) is 13.0 Å². The van der Waals surface area contributed by atoms with Crippen LogP contribution in [0.2, 0.25) is 0 Å². The highest BCUT2D eigenvalue weighted by Gasteiger charge is 2.21. The molecular formula is C18H17BrN2O5S. The van der Waals surface area contributed by atoms with Crippen LogP contribution in [0, 0.1) is 6.92 Å². The molecule has 7 nitrogen and oxygen atoms in total. The summed E-state index contributed by atoms with van der Waals surface area (Å²) < 4.78 is 31.2. The van der Waals surface area contributed by atoms with Crippen molar-refractivity contribution >= 4 is 49.0 Å². The van der Waals surface area contributed by atoms with Gasteiger partial charge < -0.3 is 15.4 Å². The van der Waals surface area contributed by atoms with Crippen LogP contribution in [-0.2, 0) is 19.4 Å². The van der Waals surface area contributed by atoms with Gasteiger partial charge in [0.25, 0.3) is 5.91 Å². The van der Waals surface area contributed by atoms with Crippen LogP contribution in [0.25, 0.3) is 0 Å². The van der Waals surface area contributed by atoms with Gasteiger partial charge in [-0.15, -0.1) is 0 Å². The van der Waals surface area contributed by atoms with E-state index in [1.165, 1.54) is 18.2 Å². The van der Waals surface area contributed by atoms with Crippen LogP contribution in [0.4, 0.5) is 11.4 Å². The number of fused-ring (bicyclic) bond motifs is 1. The average molecular weight is 453 g/mol. The number of rotatable bonds is 5. The molecule has 0 saturated carbocycles. The Bertz CT molecular complexity index is 1020. The number of carbonyl (C=O) groups is 2. The van der Waals surface area contributed by atoms with Crippen molar-refractivity contribution in [1.82, 2.24) is 0 Å².